The Morgan fingerprint density at radius 3 is 2.92 bits per heavy atom. The van der Waals surface area contributed by atoms with E-state index in [1.54, 1.807) is 0 Å². The first-order valence-corrected chi connectivity index (χ1v) is 8.91. The SMILES string of the molecule is Cc1cc(NC2CCCC2)c2[nH]c(C3=N[C@@H](CC(=O)O)CO3)cc2c1. The lowest BCUT2D eigenvalue weighted by Crippen LogP contribution is -2.14. The van der Waals surface area contributed by atoms with E-state index in [2.05, 4.69) is 34.3 Å². The molecule has 1 saturated carbocycles. The Kier molecular flexibility index (Phi) is 4.11. The van der Waals surface area contributed by atoms with Crippen molar-refractivity contribution in [2.24, 2.45) is 4.99 Å². The number of aliphatic carboxylic acids is 1. The summed E-state index contributed by atoms with van der Waals surface area (Å²) in [5, 5.41) is 13.7. The quantitative estimate of drug-likeness (QED) is 0.777. The molecule has 1 fully saturated rings. The van der Waals surface area contributed by atoms with Crippen LogP contribution in [0.1, 0.15) is 43.4 Å². The van der Waals surface area contributed by atoms with Crippen LogP contribution < -0.4 is 5.32 Å². The Morgan fingerprint density at radius 1 is 1.36 bits per heavy atom. The summed E-state index contributed by atoms with van der Waals surface area (Å²) in [5.74, 6) is -0.346. The second kappa shape index (κ2) is 6.43. The minimum atomic E-state index is -0.853. The summed E-state index contributed by atoms with van der Waals surface area (Å²) >= 11 is 0. The number of aromatic amines is 1. The first-order valence-electron chi connectivity index (χ1n) is 8.91. The van der Waals surface area contributed by atoms with Crippen molar-refractivity contribution in [3.8, 4) is 0 Å². The molecule has 1 aliphatic heterocycles. The number of fused-ring (bicyclic) bond motifs is 1. The number of aryl methyl sites for hydroxylation is 1. The first-order chi connectivity index (χ1) is 12.1. The number of H-pyrrole nitrogens is 1. The molecule has 0 unspecified atom stereocenters. The van der Waals surface area contributed by atoms with Crippen LogP contribution in [-0.2, 0) is 9.53 Å². The maximum Gasteiger partial charge on any atom is 0.305 e. The maximum atomic E-state index is 10.8. The van der Waals surface area contributed by atoms with Gasteiger partial charge in [-0.1, -0.05) is 12.8 Å². The highest BCUT2D eigenvalue weighted by Crippen LogP contribution is 2.30. The van der Waals surface area contributed by atoms with E-state index in [1.807, 2.05) is 6.07 Å². The summed E-state index contributed by atoms with van der Waals surface area (Å²) in [5.41, 5.74) is 4.19. The molecule has 1 aromatic heterocycles. The molecular weight excluding hydrogens is 318 g/mol. The molecule has 1 aliphatic carbocycles. The van der Waals surface area contributed by atoms with E-state index in [1.165, 1.54) is 31.2 Å². The number of aromatic nitrogens is 1. The van der Waals surface area contributed by atoms with Crippen LogP contribution >= 0.6 is 0 Å². The molecule has 25 heavy (non-hydrogen) atoms. The van der Waals surface area contributed by atoms with E-state index in [9.17, 15) is 4.79 Å². The third-order valence-electron chi connectivity index (χ3n) is 4.94. The zero-order valence-electron chi connectivity index (χ0n) is 14.3. The third-order valence-corrected chi connectivity index (χ3v) is 4.94. The van der Waals surface area contributed by atoms with E-state index < -0.39 is 5.97 Å². The monoisotopic (exact) mass is 341 g/mol. The van der Waals surface area contributed by atoms with Gasteiger partial charge in [0.25, 0.3) is 0 Å². The molecule has 132 valence electrons. The average molecular weight is 341 g/mol. The minimum Gasteiger partial charge on any atom is -0.481 e. The summed E-state index contributed by atoms with van der Waals surface area (Å²) in [7, 11) is 0. The summed E-state index contributed by atoms with van der Waals surface area (Å²) in [6, 6.07) is 6.57. The normalized spacial score (nSPS) is 20.7. The fraction of sp³-hybridized carbons (Fsp3) is 0.474. The van der Waals surface area contributed by atoms with Crippen LogP contribution in [0.15, 0.2) is 23.2 Å². The number of ether oxygens (including phenoxy) is 1. The second-order valence-electron chi connectivity index (χ2n) is 7.08. The highest BCUT2D eigenvalue weighted by atomic mass is 16.5. The molecule has 6 nitrogen and oxygen atoms in total. The van der Waals surface area contributed by atoms with Crippen molar-refractivity contribution >= 4 is 28.5 Å². The van der Waals surface area contributed by atoms with E-state index in [-0.39, 0.29) is 12.5 Å². The van der Waals surface area contributed by atoms with E-state index in [4.69, 9.17) is 9.84 Å². The lowest BCUT2D eigenvalue weighted by molar-refractivity contribution is -0.137. The van der Waals surface area contributed by atoms with Crippen LogP contribution in [0.3, 0.4) is 0 Å². The van der Waals surface area contributed by atoms with Gasteiger partial charge in [-0.15, -0.1) is 0 Å². The minimum absolute atomic E-state index is 0.00266. The Balaban J connectivity index is 1.64. The van der Waals surface area contributed by atoms with Crippen LogP contribution in [0.4, 0.5) is 5.69 Å². The largest absolute Gasteiger partial charge is 0.481 e. The predicted octanol–water partition coefficient (Wildman–Crippen LogP) is 3.45. The molecule has 3 N–H and O–H groups in total. The third kappa shape index (κ3) is 3.34. The van der Waals surface area contributed by atoms with E-state index in [0.29, 0.717) is 18.5 Å². The zero-order chi connectivity index (χ0) is 17.4. The molecule has 0 bridgehead atoms. The smallest absolute Gasteiger partial charge is 0.305 e. The van der Waals surface area contributed by atoms with Gasteiger partial charge in [0.1, 0.15) is 12.3 Å². The Morgan fingerprint density at radius 2 is 2.16 bits per heavy atom. The number of anilines is 1. The lowest BCUT2D eigenvalue weighted by atomic mass is 10.1. The summed E-state index contributed by atoms with van der Waals surface area (Å²) in [4.78, 5) is 18.7. The highest BCUT2D eigenvalue weighted by Gasteiger charge is 2.24. The summed E-state index contributed by atoms with van der Waals surface area (Å²) < 4.78 is 5.62. The van der Waals surface area contributed by atoms with Gasteiger partial charge in [-0.3, -0.25) is 4.79 Å². The second-order valence-corrected chi connectivity index (χ2v) is 7.08. The maximum absolute atomic E-state index is 10.8. The summed E-state index contributed by atoms with van der Waals surface area (Å²) in [6.45, 7) is 2.42. The van der Waals surface area contributed by atoms with E-state index in [0.717, 1.165) is 22.3 Å². The van der Waals surface area contributed by atoms with Crippen molar-refractivity contribution in [1.82, 2.24) is 4.98 Å². The van der Waals surface area contributed by atoms with Gasteiger partial charge in [-0.05, 0) is 43.5 Å². The number of hydrogen-bond acceptors (Lipinski definition) is 4. The molecule has 0 spiro atoms. The number of carboxylic acid groups (broad SMARTS) is 1. The molecule has 6 heteroatoms. The molecule has 1 aromatic carbocycles. The number of hydrogen-bond donors (Lipinski definition) is 3. The molecule has 0 amide bonds. The summed E-state index contributed by atoms with van der Waals surface area (Å²) in [6.07, 6.45) is 5.01. The van der Waals surface area contributed by atoms with Crippen LogP contribution in [0.25, 0.3) is 10.9 Å². The topological polar surface area (TPSA) is 86.7 Å². The van der Waals surface area contributed by atoms with E-state index >= 15 is 0 Å². The Hall–Kier alpha value is -2.50. The molecule has 1 atom stereocenters. The van der Waals surface area contributed by atoms with Gasteiger partial charge in [-0.25, -0.2) is 4.99 Å². The van der Waals surface area contributed by atoms with Gasteiger partial charge in [0.05, 0.1) is 23.7 Å². The van der Waals surface area contributed by atoms with Crippen LogP contribution in [0, 0.1) is 6.92 Å². The highest BCUT2D eigenvalue weighted by molar-refractivity contribution is 6.02. The van der Waals surface area contributed by atoms with Crippen LogP contribution in [0.2, 0.25) is 0 Å². The Bertz CT molecular complexity index is 834. The van der Waals surface area contributed by atoms with Crippen molar-refractivity contribution in [3.63, 3.8) is 0 Å². The van der Waals surface area contributed by atoms with Gasteiger partial charge in [0.2, 0.25) is 5.90 Å². The van der Waals surface area contributed by atoms with Crippen molar-refractivity contribution in [2.45, 2.75) is 51.1 Å². The van der Waals surface area contributed by atoms with Gasteiger partial charge < -0.3 is 20.1 Å². The van der Waals surface area contributed by atoms with Crippen LogP contribution in [0.5, 0.6) is 0 Å². The fourth-order valence-corrected chi connectivity index (χ4v) is 3.78. The number of carboxylic acids is 1. The van der Waals surface area contributed by atoms with Gasteiger partial charge in [0, 0.05) is 11.4 Å². The number of carbonyl (C=O) groups is 1. The molecule has 0 radical (unpaired) electrons. The molecular formula is C19H23N3O3. The number of nitrogens with zero attached hydrogens (tertiary/aromatic N) is 1. The van der Waals surface area contributed by atoms with Crippen molar-refractivity contribution in [1.29, 1.82) is 0 Å². The predicted molar refractivity (Wildman–Crippen MR) is 97.4 cm³/mol. The number of benzene rings is 1. The molecule has 0 saturated heterocycles. The number of nitrogens with one attached hydrogen (secondary N) is 2. The van der Waals surface area contributed by atoms with Gasteiger partial charge in [-0.2, -0.15) is 0 Å². The fourth-order valence-electron chi connectivity index (χ4n) is 3.78. The molecule has 4 rings (SSSR count). The Labute approximate surface area is 146 Å². The lowest BCUT2D eigenvalue weighted by Gasteiger charge is -2.15. The standard InChI is InChI=1S/C19H23N3O3/c1-11-6-12-8-16(19-21-14(10-25-19)9-17(23)24)22-18(12)15(7-11)20-13-4-2-3-5-13/h6-8,13-14,20,22H,2-5,9-10H2,1H3,(H,23,24)/t14-/m0/s1. The van der Waals surface area contributed by atoms with Crippen LogP contribution in [-0.4, -0.2) is 40.6 Å². The molecule has 2 aromatic rings. The number of aliphatic imine (C=N–C) groups is 1. The average Bonchev–Trinajstić information content (AvgIpc) is 3.26. The van der Waals surface area contributed by atoms with Gasteiger partial charge >= 0.3 is 5.97 Å². The zero-order valence-corrected chi connectivity index (χ0v) is 14.3. The van der Waals surface area contributed by atoms with Crippen molar-refractivity contribution in [2.75, 3.05) is 11.9 Å². The molecule has 2 aliphatic rings. The van der Waals surface area contributed by atoms with Crippen molar-refractivity contribution in [3.05, 3.63) is 29.5 Å². The molecule has 2 heterocycles. The number of rotatable bonds is 5. The van der Waals surface area contributed by atoms with Gasteiger partial charge in [0.15, 0.2) is 0 Å². The first kappa shape index (κ1) is 16.0. The van der Waals surface area contributed by atoms with Crippen molar-refractivity contribution < 1.29 is 14.6 Å².